The number of hydrogen-bond donors (Lipinski definition) is 2. The number of ether oxygens (including phenoxy) is 1. The van der Waals surface area contributed by atoms with E-state index in [9.17, 15) is 13.6 Å². The molecule has 0 aliphatic heterocycles. The van der Waals surface area contributed by atoms with Gasteiger partial charge in [0.2, 0.25) is 11.6 Å². The fraction of sp³-hybridized carbons (Fsp3) is 0.0526. The Morgan fingerprint density at radius 2 is 2.09 bits per heavy atom. The number of nitrogens with one attached hydrogen (secondary N) is 1. The molecule has 0 saturated heterocycles. The van der Waals surface area contributed by atoms with Crippen LogP contribution in [0.25, 0.3) is 17.1 Å². The Balaban J connectivity index is 1.70. The number of carbonyl (C=O) groups excluding carboxylic acids is 1. The molecule has 11 nitrogen and oxygen atoms in total. The van der Waals surface area contributed by atoms with Crippen molar-refractivity contribution in [1.82, 2.24) is 30.7 Å². The van der Waals surface area contributed by atoms with Crippen LogP contribution in [-0.2, 0) is 0 Å². The lowest BCUT2D eigenvalue weighted by Crippen LogP contribution is -2.19. The van der Waals surface area contributed by atoms with E-state index in [1.54, 1.807) is 24.3 Å². The Kier molecular flexibility index (Phi) is 5.53. The van der Waals surface area contributed by atoms with E-state index in [4.69, 9.17) is 10.5 Å². The van der Waals surface area contributed by atoms with Gasteiger partial charge in [-0.15, -0.1) is 5.10 Å². The second kappa shape index (κ2) is 8.59. The van der Waals surface area contributed by atoms with Crippen LogP contribution in [0, 0.1) is 11.6 Å². The molecule has 0 saturated carbocycles. The number of hydrogen-bond acceptors (Lipinski definition) is 9. The Bertz CT molecular complexity index is 1320. The second-order valence-electron chi connectivity index (χ2n) is 6.27. The lowest BCUT2D eigenvalue weighted by atomic mass is 10.1. The molecule has 0 atom stereocenters. The predicted octanol–water partition coefficient (Wildman–Crippen LogP) is 1.95. The number of carbonyl (C=O) groups is 1. The smallest absolute Gasteiger partial charge is 0.294 e. The monoisotopic (exact) mass is 440 g/mol. The first-order chi connectivity index (χ1) is 15.5. The molecule has 4 rings (SSSR count). The molecule has 0 bridgehead atoms. The number of hydrazone groups is 1. The molecule has 2 heterocycles. The Labute approximate surface area is 178 Å². The molecule has 4 aromatic rings. The highest BCUT2D eigenvalue weighted by molar-refractivity contribution is 5.99. The molecule has 0 unspecified atom stereocenters. The minimum Gasteiger partial charge on any atom is -0.497 e. The van der Waals surface area contributed by atoms with Crippen LogP contribution in [-0.4, -0.2) is 44.5 Å². The average molecular weight is 440 g/mol. The van der Waals surface area contributed by atoms with Gasteiger partial charge in [0.25, 0.3) is 5.91 Å². The first kappa shape index (κ1) is 20.6. The van der Waals surface area contributed by atoms with Crippen molar-refractivity contribution in [3.05, 3.63) is 65.4 Å². The number of nitrogen functional groups attached to an aromatic ring is 1. The third kappa shape index (κ3) is 3.98. The largest absolute Gasteiger partial charge is 0.497 e. The summed E-state index contributed by atoms with van der Waals surface area (Å²) in [5.41, 5.74) is 8.53. The van der Waals surface area contributed by atoms with E-state index in [2.05, 4.69) is 35.8 Å². The van der Waals surface area contributed by atoms with E-state index in [-0.39, 0.29) is 28.6 Å². The number of anilines is 1. The standard InChI is InChI=1S/C19H14F2N8O3/c1-31-13-4-2-3-10(7-13)16-15(24-28-29(16)18-17(22)26-32-27-18)19(30)25-23-9-11-5-6-12(20)8-14(11)21/h2-9H,1H3,(H2,22,26)(H,25,30)/b23-9+. The van der Waals surface area contributed by atoms with E-state index >= 15 is 0 Å². The Hall–Kier alpha value is -4.68. The summed E-state index contributed by atoms with van der Waals surface area (Å²) in [6.45, 7) is 0. The van der Waals surface area contributed by atoms with Gasteiger partial charge in [0.05, 0.1) is 13.3 Å². The van der Waals surface area contributed by atoms with E-state index in [1.165, 1.54) is 17.9 Å². The van der Waals surface area contributed by atoms with Gasteiger partial charge in [-0.25, -0.2) is 18.8 Å². The summed E-state index contributed by atoms with van der Waals surface area (Å²) in [7, 11) is 1.49. The fourth-order valence-electron chi connectivity index (χ4n) is 2.77. The Morgan fingerprint density at radius 1 is 1.25 bits per heavy atom. The highest BCUT2D eigenvalue weighted by Gasteiger charge is 2.25. The maximum Gasteiger partial charge on any atom is 0.294 e. The molecular formula is C19H14F2N8O3. The van der Waals surface area contributed by atoms with Crippen molar-refractivity contribution in [3.8, 4) is 22.8 Å². The molecule has 13 heteroatoms. The summed E-state index contributed by atoms with van der Waals surface area (Å²) in [5, 5.41) is 18.7. The van der Waals surface area contributed by atoms with Crippen molar-refractivity contribution in [1.29, 1.82) is 0 Å². The van der Waals surface area contributed by atoms with Crippen LogP contribution in [0.5, 0.6) is 5.75 Å². The number of methoxy groups -OCH3 is 1. The number of benzene rings is 2. The van der Waals surface area contributed by atoms with Gasteiger partial charge in [-0.2, -0.15) is 9.78 Å². The van der Waals surface area contributed by atoms with Crippen molar-refractivity contribution >= 4 is 17.9 Å². The topological polar surface area (TPSA) is 146 Å². The zero-order valence-electron chi connectivity index (χ0n) is 16.4. The highest BCUT2D eigenvalue weighted by atomic mass is 19.1. The van der Waals surface area contributed by atoms with Crippen molar-refractivity contribution in [3.63, 3.8) is 0 Å². The maximum atomic E-state index is 13.7. The summed E-state index contributed by atoms with van der Waals surface area (Å²) < 4.78 is 37.8. The van der Waals surface area contributed by atoms with Gasteiger partial charge in [0.1, 0.15) is 23.1 Å². The molecule has 32 heavy (non-hydrogen) atoms. The molecular weight excluding hydrogens is 426 g/mol. The molecule has 1 amide bonds. The molecule has 0 aliphatic carbocycles. The lowest BCUT2D eigenvalue weighted by molar-refractivity contribution is 0.0950. The first-order valence-corrected chi connectivity index (χ1v) is 8.95. The van der Waals surface area contributed by atoms with Crippen LogP contribution in [0.3, 0.4) is 0 Å². The molecule has 0 spiro atoms. The van der Waals surface area contributed by atoms with Gasteiger partial charge < -0.3 is 10.5 Å². The molecule has 0 fully saturated rings. The normalized spacial score (nSPS) is 11.1. The predicted molar refractivity (Wildman–Crippen MR) is 107 cm³/mol. The number of amides is 1. The van der Waals surface area contributed by atoms with E-state index in [0.29, 0.717) is 17.4 Å². The van der Waals surface area contributed by atoms with Crippen LogP contribution < -0.4 is 15.9 Å². The molecule has 0 aliphatic rings. The highest BCUT2D eigenvalue weighted by Crippen LogP contribution is 2.28. The first-order valence-electron chi connectivity index (χ1n) is 8.95. The fourth-order valence-corrected chi connectivity index (χ4v) is 2.77. The molecule has 3 N–H and O–H groups in total. The molecule has 2 aromatic heterocycles. The van der Waals surface area contributed by atoms with Gasteiger partial charge in [-0.1, -0.05) is 17.3 Å². The quantitative estimate of drug-likeness (QED) is 0.342. The van der Waals surface area contributed by atoms with Crippen LogP contribution in [0.2, 0.25) is 0 Å². The number of halogens is 2. The molecule has 0 radical (unpaired) electrons. The minimum absolute atomic E-state index is 0.0197. The summed E-state index contributed by atoms with van der Waals surface area (Å²) in [4.78, 5) is 12.8. The summed E-state index contributed by atoms with van der Waals surface area (Å²) in [5.74, 6) is -1.87. The van der Waals surface area contributed by atoms with E-state index < -0.39 is 17.5 Å². The number of aromatic nitrogens is 5. The number of rotatable bonds is 6. The van der Waals surface area contributed by atoms with Gasteiger partial charge in [0, 0.05) is 17.2 Å². The van der Waals surface area contributed by atoms with Gasteiger partial charge in [0.15, 0.2) is 5.69 Å². The third-order valence-corrected chi connectivity index (χ3v) is 4.26. The SMILES string of the molecule is COc1cccc(-c2c(C(=O)N/N=C/c3ccc(F)cc3F)nnn2-c2nonc2N)c1. The van der Waals surface area contributed by atoms with Crippen LogP contribution in [0.4, 0.5) is 14.6 Å². The van der Waals surface area contributed by atoms with E-state index in [1.807, 2.05) is 0 Å². The van der Waals surface area contributed by atoms with Crippen LogP contribution in [0.15, 0.2) is 52.2 Å². The summed E-state index contributed by atoms with van der Waals surface area (Å²) in [6, 6.07) is 9.69. The lowest BCUT2D eigenvalue weighted by Gasteiger charge is -2.07. The van der Waals surface area contributed by atoms with Gasteiger partial charge in [-0.3, -0.25) is 4.79 Å². The second-order valence-corrected chi connectivity index (χ2v) is 6.27. The number of nitrogens with zero attached hydrogens (tertiary/aromatic N) is 6. The van der Waals surface area contributed by atoms with Crippen molar-refractivity contribution in [2.24, 2.45) is 5.10 Å². The summed E-state index contributed by atoms with van der Waals surface area (Å²) >= 11 is 0. The maximum absolute atomic E-state index is 13.7. The van der Waals surface area contributed by atoms with E-state index in [0.717, 1.165) is 12.3 Å². The zero-order valence-corrected chi connectivity index (χ0v) is 16.4. The number of nitrogens with two attached hydrogens (primary N) is 1. The minimum atomic E-state index is -0.833. The Morgan fingerprint density at radius 3 is 2.81 bits per heavy atom. The zero-order chi connectivity index (χ0) is 22.7. The molecule has 2 aromatic carbocycles. The van der Waals surface area contributed by atoms with Crippen LogP contribution in [0.1, 0.15) is 16.1 Å². The molecule has 162 valence electrons. The van der Waals surface area contributed by atoms with Crippen molar-refractivity contribution < 1.29 is 22.9 Å². The summed E-state index contributed by atoms with van der Waals surface area (Å²) in [6.07, 6.45) is 1.03. The van der Waals surface area contributed by atoms with Crippen molar-refractivity contribution in [2.75, 3.05) is 12.8 Å². The van der Waals surface area contributed by atoms with Gasteiger partial charge in [-0.05, 0) is 34.6 Å². The van der Waals surface area contributed by atoms with Crippen LogP contribution >= 0.6 is 0 Å². The van der Waals surface area contributed by atoms with Gasteiger partial charge >= 0.3 is 0 Å². The average Bonchev–Trinajstić information content (AvgIpc) is 3.41. The third-order valence-electron chi connectivity index (χ3n) is 4.26. The van der Waals surface area contributed by atoms with Crippen molar-refractivity contribution in [2.45, 2.75) is 0 Å².